The molecule has 2 aliphatic rings. The number of anilines is 1. The number of rotatable bonds is 12. The van der Waals surface area contributed by atoms with Crippen molar-refractivity contribution in [3.05, 3.63) is 67.5 Å². The van der Waals surface area contributed by atoms with Crippen molar-refractivity contribution in [2.75, 3.05) is 50.2 Å². The number of thioether (sulfide) groups is 1. The van der Waals surface area contributed by atoms with E-state index in [4.69, 9.17) is 18.9 Å². The maximum atomic E-state index is 12.3. The molecule has 0 spiro atoms. The van der Waals surface area contributed by atoms with Gasteiger partial charge in [0.2, 0.25) is 0 Å². The fraction of sp³-hybridized carbons (Fsp3) is 0.643. The molecule has 2 aliphatic heterocycles. The second-order valence-corrected chi connectivity index (χ2v) is 10.5. The van der Waals surface area contributed by atoms with Gasteiger partial charge in [-0.3, -0.25) is 18.5 Å². The van der Waals surface area contributed by atoms with E-state index in [-0.39, 0.29) is 34.7 Å². The average molecular weight is 594 g/mol. The topological polar surface area (TPSA) is 119 Å². The summed E-state index contributed by atoms with van der Waals surface area (Å²) >= 11 is 1.67. The van der Waals surface area contributed by atoms with Crippen LogP contribution in [-0.2, 0) is 25.5 Å². The van der Waals surface area contributed by atoms with Crippen LogP contribution >= 0.6 is 11.8 Å². The molecule has 12 nitrogen and oxygen atoms in total. The van der Waals surface area contributed by atoms with Crippen molar-refractivity contribution in [3.63, 3.8) is 0 Å². The van der Waals surface area contributed by atoms with Crippen LogP contribution in [0.4, 0.5) is 5.82 Å². The first-order valence-corrected chi connectivity index (χ1v) is 15.3. The fourth-order valence-corrected chi connectivity index (χ4v) is 5.45. The van der Waals surface area contributed by atoms with Crippen LogP contribution in [0.3, 0.4) is 0 Å². The second kappa shape index (κ2) is 16.1. The molecule has 0 aromatic carbocycles. The molecule has 0 saturated carbocycles. The zero-order chi connectivity index (χ0) is 29.9. The molecule has 2 aromatic heterocycles. The Hall–Kier alpha value is -2.71. The third kappa shape index (κ3) is 8.41. The predicted octanol–water partition coefficient (Wildman–Crippen LogP) is 2.54. The Morgan fingerprint density at radius 2 is 1.71 bits per heavy atom. The lowest BCUT2D eigenvalue weighted by Gasteiger charge is -2.20. The smallest absolute Gasteiger partial charge is 0.351 e. The normalized spacial score (nSPS) is 21.6. The van der Waals surface area contributed by atoms with Crippen LogP contribution in [0.25, 0.3) is 0 Å². The summed E-state index contributed by atoms with van der Waals surface area (Å²) in [5, 5.41) is 0. The Morgan fingerprint density at radius 3 is 2.34 bits per heavy atom. The summed E-state index contributed by atoms with van der Waals surface area (Å²) in [5.41, 5.74) is -0.348. The summed E-state index contributed by atoms with van der Waals surface area (Å²) in [6.45, 7) is 15.8. The minimum Gasteiger partial charge on any atom is -0.379 e. The highest BCUT2D eigenvalue weighted by Crippen LogP contribution is 2.31. The summed E-state index contributed by atoms with van der Waals surface area (Å²) in [5.74, 6) is 1.46. The molecule has 4 heterocycles. The minimum atomic E-state index is -0.481. The van der Waals surface area contributed by atoms with Gasteiger partial charge in [-0.1, -0.05) is 6.08 Å². The summed E-state index contributed by atoms with van der Waals surface area (Å²) in [6.07, 6.45) is 6.12. The highest BCUT2D eigenvalue weighted by Gasteiger charge is 2.28. The van der Waals surface area contributed by atoms with Gasteiger partial charge >= 0.3 is 11.4 Å². The number of ether oxygens (including phenoxy) is 4. The van der Waals surface area contributed by atoms with Crippen LogP contribution < -0.4 is 21.8 Å². The lowest BCUT2D eigenvalue weighted by atomic mass is 10.3. The zero-order valence-electron chi connectivity index (χ0n) is 24.9. The van der Waals surface area contributed by atoms with Crippen molar-refractivity contribution in [1.29, 1.82) is 0 Å². The maximum Gasteiger partial charge on any atom is 0.351 e. The molecular formula is C28H43N5O7S. The Morgan fingerprint density at radius 1 is 1.00 bits per heavy atom. The van der Waals surface area contributed by atoms with E-state index in [2.05, 4.69) is 4.98 Å². The summed E-state index contributed by atoms with van der Waals surface area (Å²) < 4.78 is 26.4. The van der Waals surface area contributed by atoms with E-state index < -0.39 is 6.23 Å². The molecule has 13 heteroatoms. The third-order valence-electron chi connectivity index (χ3n) is 6.65. The van der Waals surface area contributed by atoms with Crippen molar-refractivity contribution < 1.29 is 18.9 Å². The van der Waals surface area contributed by atoms with E-state index in [9.17, 15) is 14.4 Å². The molecule has 0 aliphatic carbocycles. The molecule has 4 rings (SSSR count). The van der Waals surface area contributed by atoms with Gasteiger partial charge < -0.3 is 23.8 Å². The van der Waals surface area contributed by atoms with Gasteiger partial charge in [0.25, 0.3) is 5.56 Å². The highest BCUT2D eigenvalue weighted by molar-refractivity contribution is 8.00. The van der Waals surface area contributed by atoms with Gasteiger partial charge in [0, 0.05) is 56.6 Å². The van der Waals surface area contributed by atoms with E-state index >= 15 is 0 Å². The standard InChI is InChI=1S/C14H23N3O3S.C14H20N2O4/c1-4-16(5-2)11-7-8-17(14(18)15-11)12-10-21-13(20-12)9-19-6-3;1-4-15-13(17)10(3)8-16(14(15)18)12-7-6-11(20-12)9-19-5-2/h7-8,12-13H,4-6,9-10H2,1-3H3;6-8,11-12H,4-5,9H2,1-3H3/t12-,13+;11-,12+/m10/s1. The van der Waals surface area contributed by atoms with Crippen LogP contribution in [0.2, 0.25) is 0 Å². The minimum absolute atomic E-state index is 0.00990. The van der Waals surface area contributed by atoms with Gasteiger partial charge in [0.05, 0.1) is 13.2 Å². The van der Waals surface area contributed by atoms with Crippen LogP contribution in [-0.4, -0.2) is 75.5 Å². The summed E-state index contributed by atoms with van der Waals surface area (Å²) in [6, 6.07) is 1.87. The molecule has 0 radical (unpaired) electrons. The number of aryl methyl sites for hydroxylation is 1. The van der Waals surface area contributed by atoms with Crippen LogP contribution in [0.1, 0.15) is 52.6 Å². The van der Waals surface area contributed by atoms with Gasteiger partial charge in [-0.2, -0.15) is 4.98 Å². The molecule has 41 heavy (non-hydrogen) atoms. The van der Waals surface area contributed by atoms with Crippen LogP contribution in [0.5, 0.6) is 0 Å². The van der Waals surface area contributed by atoms with Crippen molar-refractivity contribution in [2.45, 2.75) is 72.1 Å². The molecule has 4 atom stereocenters. The number of hydrogen-bond acceptors (Lipinski definition) is 10. The summed E-state index contributed by atoms with van der Waals surface area (Å²) in [4.78, 5) is 42.5. The molecule has 228 valence electrons. The first kappa shape index (κ1) is 32.8. The first-order chi connectivity index (χ1) is 19.8. The molecule has 0 N–H and O–H groups in total. The van der Waals surface area contributed by atoms with Gasteiger partial charge in [0.15, 0.2) is 6.23 Å². The Bertz CT molecular complexity index is 1320. The van der Waals surface area contributed by atoms with E-state index in [1.807, 2.05) is 50.8 Å². The quantitative estimate of drug-likeness (QED) is 0.340. The second-order valence-electron chi connectivity index (χ2n) is 9.32. The van der Waals surface area contributed by atoms with Gasteiger partial charge in [-0.05, 0) is 53.7 Å². The zero-order valence-corrected chi connectivity index (χ0v) is 25.7. The van der Waals surface area contributed by atoms with Crippen molar-refractivity contribution in [2.24, 2.45) is 0 Å². The SMILES string of the molecule is CCOC[C@@H]1C=C[C@H](n2cc(C)c(=O)n(CC)c2=O)O1.CCOC[C@H]1O[C@@H](n2ccc(N(CC)CC)nc2=O)CS1. The molecule has 1 fully saturated rings. The molecular weight excluding hydrogens is 550 g/mol. The molecule has 0 amide bonds. The van der Waals surface area contributed by atoms with Gasteiger partial charge in [-0.25, -0.2) is 9.59 Å². The Labute approximate surface area is 244 Å². The molecule has 0 unspecified atom stereocenters. The largest absolute Gasteiger partial charge is 0.379 e. The van der Waals surface area contributed by atoms with E-state index in [1.165, 1.54) is 9.13 Å². The van der Waals surface area contributed by atoms with Gasteiger partial charge in [0.1, 0.15) is 23.6 Å². The van der Waals surface area contributed by atoms with Crippen molar-refractivity contribution >= 4 is 17.6 Å². The Kier molecular flexibility index (Phi) is 12.9. The maximum absolute atomic E-state index is 12.3. The predicted molar refractivity (Wildman–Crippen MR) is 160 cm³/mol. The molecule has 2 aromatic rings. The average Bonchev–Trinajstić information content (AvgIpc) is 3.64. The van der Waals surface area contributed by atoms with Crippen LogP contribution in [0.15, 0.2) is 45.0 Å². The van der Waals surface area contributed by atoms with Crippen molar-refractivity contribution in [1.82, 2.24) is 18.7 Å². The highest BCUT2D eigenvalue weighted by atomic mass is 32.2. The number of aromatic nitrogens is 4. The fourth-order valence-electron chi connectivity index (χ4n) is 4.43. The van der Waals surface area contributed by atoms with E-state index in [0.29, 0.717) is 38.5 Å². The monoisotopic (exact) mass is 593 g/mol. The van der Waals surface area contributed by atoms with E-state index in [0.717, 1.165) is 24.7 Å². The molecule has 1 saturated heterocycles. The van der Waals surface area contributed by atoms with Gasteiger partial charge in [-0.15, -0.1) is 11.8 Å². The third-order valence-corrected chi connectivity index (χ3v) is 7.75. The number of nitrogens with zero attached hydrogens (tertiary/aromatic N) is 5. The van der Waals surface area contributed by atoms with E-state index in [1.54, 1.807) is 42.6 Å². The molecule has 0 bridgehead atoms. The van der Waals surface area contributed by atoms with Crippen molar-refractivity contribution in [3.8, 4) is 0 Å². The lowest BCUT2D eigenvalue weighted by Crippen LogP contribution is -2.41. The lowest BCUT2D eigenvalue weighted by molar-refractivity contribution is -0.0288. The number of hydrogen-bond donors (Lipinski definition) is 0. The summed E-state index contributed by atoms with van der Waals surface area (Å²) in [7, 11) is 0. The first-order valence-electron chi connectivity index (χ1n) is 14.2. The Balaban J connectivity index is 0.000000226. The van der Waals surface area contributed by atoms with Crippen LogP contribution in [0, 0.1) is 6.92 Å².